The molecule has 8 heteroatoms. The van der Waals surface area contributed by atoms with Crippen LogP contribution in [0.2, 0.25) is 0 Å². The van der Waals surface area contributed by atoms with Gasteiger partial charge in [0.1, 0.15) is 29.2 Å². The fraction of sp³-hybridized carbons (Fsp3) is 0.0909. The number of nitrogens with zero attached hydrogens (tertiary/aromatic N) is 3. The average Bonchev–Trinajstić information content (AvgIpc) is 2.75. The van der Waals surface area contributed by atoms with Gasteiger partial charge in [-0.3, -0.25) is 4.79 Å². The third-order valence-electron chi connectivity index (χ3n) is 4.65. The summed E-state index contributed by atoms with van der Waals surface area (Å²) in [5, 5.41) is 11.5. The van der Waals surface area contributed by atoms with Gasteiger partial charge in [0.15, 0.2) is 0 Å². The van der Waals surface area contributed by atoms with Crippen LogP contribution in [0.25, 0.3) is 0 Å². The van der Waals surface area contributed by atoms with E-state index in [1.165, 1.54) is 36.5 Å². The van der Waals surface area contributed by atoms with E-state index in [-0.39, 0.29) is 17.1 Å². The number of amidine groups is 1. The maximum atomic E-state index is 14.7. The number of nitrogens with one attached hydrogen (secondary N) is 1. The molecular weight excluding hydrogens is 385 g/mol. The van der Waals surface area contributed by atoms with E-state index in [0.29, 0.717) is 22.6 Å². The monoisotopic (exact) mass is 401 g/mol. The molecule has 3 aromatic rings. The molecular formula is C22H16FN5O2. The Kier molecular flexibility index (Phi) is 4.64. The minimum absolute atomic E-state index is 0.116. The van der Waals surface area contributed by atoms with E-state index in [4.69, 9.17) is 15.7 Å². The molecule has 148 valence electrons. The third-order valence-corrected chi connectivity index (χ3v) is 4.65. The van der Waals surface area contributed by atoms with Gasteiger partial charge >= 0.3 is 0 Å². The first-order chi connectivity index (χ1) is 14.4. The second-order valence-corrected chi connectivity index (χ2v) is 6.77. The van der Waals surface area contributed by atoms with Gasteiger partial charge in [0.25, 0.3) is 5.91 Å². The van der Waals surface area contributed by atoms with Crippen LogP contribution in [-0.2, 0) is 5.72 Å². The van der Waals surface area contributed by atoms with Crippen molar-refractivity contribution in [3.63, 3.8) is 0 Å². The summed E-state index contributed by atoms with van der Waals surface area (Å²) < 4.78 is 20.7. The molecule has 30 heavy (non-hydrogen) atoms. The highest BCUT2D eigenvalue weighted by Crippen LogP contribution is 2.37. The zero-order valence-corrected chi connectivity index (χ0v) is 15.9. The van der Waals surface area contributed by atoms with Crippen LogP contribution < -0.4 is 15.8 Å². The molecule has 0 fully saturated rings. The lowest BCUT2D eigenvalue weighted by molar-refractivity contribution is 0.0884. The van der Waals surface area contributed by atoms with Crippen LogP contribution in [0.15, 0.2) is 65.8 Å². The second-order valence-electron chi connectivity index (χ2n) is 6.77. The molecule has 0 radical (unpaired) electrons. The number of benzene rings is 2. The van der Waals surface area contributed by atoms with Gasteiger partial charge in [-0.1, -0.05) is 12.1 Å². The number of hydrogen-bond donors (Lipinski definition) is 2. The summed E-state index contributed by atoms with van der Waals surface area (Å²) in [6, 6.07) is 16.0. The van der Waals surface area contributed by atoms with Gasteiger partial charge in [0, 0.05) is 18.8 Å². The summed E-state index contributed by atoms with van der Waals surface area (Å²) in [4.78, 5) is 20.8. The lowest BCUT2D eigenvalue weighted by Crippen LogP contribution is -2.36. The number of pyridine rings is 1. The number of hydrogen-bond acceptors (Lipinski definition) is 6. The van der Waals surface area contributed by atoms with Crippen molar-refractivity contribution >= 4 is 17.4 Å². The minimum Gasteiger partial charge on any atom is -0.461 e. The molecule has 3 N–H and O–H groups in total. The standard InChI is InChI=1S/C22H16FN5O2/c1-22(28-20(25)15-4-2-3-5-19(15)30-22)16-10-14(7-8-17(16)23)27-21(29)18-9-6-13(11-24)12-26-18/h2-10,12H,1H3,(H2,25,28)(H,27,29). The number of aliphatic imine (C=N–C) groups is 1. The highest BCUT2D eigenvalue weighted by atomic mass is 19.1. The van der Waals surface area contributed by atoms with Gasteiger partial charge in [-0.05, 0) is 42.5 Å². The summed E-state index contributed by atoms with van der Waals surface area (Å²) in [6.45, 7) is 1.60. The van der Waals surface area contributed by atoms with Crippen LogP contribution in [0.5, 0.6) is 5.75 Å². The van der Waals surface area contributed by atoms with E-state index in [1.807, 2.05) is 6.07 Å². The molecule has 0 aliphatic carbocycles. The Hall–Kier alpha value is -4.25. The first-order valence-electron chi connectivity index (χ1n) is 9.01. The molecule has 4 rings (SSSR count). The number of para-hydroxylation sites is 1. The van der Waals surface area contributed by atoms with Crippen LogP contribution in [0.3, 0.4) is 0 Å². The number of carbonyl (C=O) groups excluding carboxylic acids is 1. The Bertz CT molecular complexity index is 1220. The van der Waals surface area contributed by atoms with E-state index >= 15 is 0 Å². The van der Waals surface area contributed by atoms with E-state index in [9.17, 15) is 9.18 Å². The topological polar surface area (TPSA) is 113 Å². The number of aromatic nitrogens is 1. The number of nitriles is 1. The number of nitrogens with two attached hydrogens (primary N) is 1. The molecule has 1 aromatic heterocycles. The Balaban J connectivity index is 1.65. The minimum atomic E-state index is -1.41. The van der Waals surface area contributed by atoms with Gasteiger partial charge in [-0.25, -0.2) is 14.4 Å². The smallest absolute Gasteiger partial charge is 0.274 e. The van der Waals surface area contributed by atoms with Crippen molar-refractivity contribution in [2.24, 2.45) is 10.7 Å². The molecule has 1 aliphatic heterocycles. The third kappa shape index (κ3) is 3.44. The van der Waals surface area contributed by atoms with E-state index in [0.717, 1.165) is 0 Å². The first kappa shape index (κ1) is 19.1. The first-order valence-corrected chi connectivity index (χ1v) is 9.01. The molecule has 7 nitrogen and oxygen atoms in total. The highest BCUT2D eigenvalue weighted by molar-refractivity contribution is 6.03. The quantitative estimate of drug-likeness (QED) is 0.699. The molecule has 1 amide bonds. The van der Waals surface area contributed by atoms with Crippen molar-refractivity contribution in [1.82, 2.24) is 4.98 Å². The fourth-order valence-corrected chi connectivity index (χ4v) is 3.16. The van der Waals surface area contributed by atoms with Crippen LogP contribution in [0, 0.1) is 17.1 Å². The normalized spacial score (nSPS) is 17.2. The number of ether oxygens (including phenoxy) is 1. The summed E-state index contributed by atoms with van der Waals surface area (Å²) in [5.74, 6) is -0.332. The molecule has 1 atom stereocenters. The molecule has 0 saturated heterocycles. The van der Waals surface area contributed by atoms with Crippen molar-refractivity contribution < 1.29 is 13.9 Å². The zero-order chi connectivity index (χ0) is 21.3. The number of fused-ring (bicyclic) bond motifs is 1. The molecule has 0 spiro atoms. The van der Waals surface area contributed by atoms with Crippen LogP contribution in [0.1, 0.15) is 34.1 Å². The van der Waals surface area contributed by atoms with Crippen LogP contribution in [0.4, 0.5) is 10.1 Å². The molecule has 2 heterocycles. The fourth-order valence-electron chi connectivity index (χ4n) is 3.16. The van der Waals surface area contributed by atoms with Crippen molar-refractivity contribution in [2.45, 2.75) is 12.6 Å². The van der Waals surface area contributed by atoms with Gasteiger partial charge in [0.05, 0.1) is 16.7 Å². The number of anilines is 1. The summed E-state index contributed by atoms with van der Waals surface area (Å²) in [6.07, 6.45) is 1.30. The van der Waals surface area contributed by atoms with Gasteiger partial charge in [-0.2, -0.15) is 5.26 Å². The Morgan fingerprint density at radius 2 is 2.03 bits per heavy atom. The van der Waals surface area contributed by atoms with Crippen LogP contribution in [-0.4, -0.2) is 16.7 Å². The number of rotatable bonds is 3. The van der Waals surface area contributed by atoms with E-state index < -0.39 is 17.4 Å². The molecule has 2 aromatic carbocycles. The van der Waals surface area contributed by atoms with Crippen molar-refractivity contribution in [3.05, 3.63) is 89.0 Å². The highest BCUT2D eigenvalue weighted by Gasteiger charge is 2.36. The SMILES string of the molecule is CC1(c2cc(NC(=O)c3ccc(C#N)cn3)ccc2F)N=C(N)c2ccccc2O1. The summed E-state index contributed by atoms with van der Waals surface area (Å²) in [7, 11) is 0. The van der Waals surface area contributed by atoms with Crippen molar-refractivity contribution in [2.75, 3.05) is 5.32 Å². The van der Waals surface area contributed by atoms with Crippen molar-refractivity contribution in [1.29, 1.82) is 5.26 Å². The van der Waals surface area contributed by atoms with Gasteiger partial charge in [0.2, 0.25) is 5.72 Å². The molecule has 1 aliphatic rings. The largest absolute Gasteiger partial charge is 0.461 e. The maximum Gasteiger partial charge on any atom is 0.274 e. The van der Waals surface area contributed by atoms with E-state index in [1.54, 1.807) is 31.2 Å². The lowest BCUT2D eigenvalue weighted by atomic mass is 10.0. The zero-order valence-electron chi connectivity index (χ0n) is 15.9. The van der Waals surface area contributed by atoms with Gasteiger partial charge in [-0.15, -0.1) is 0 Å². The molecule has 0 bridgehead atoms. The number of halogens is 1. The van der Waals surface area contributed by atoms with Crippen molar-refractivity contribution in [3.8, 4) is 11.8 Å². The number of amides is 1. The lowest BCUT2D eigenvalue weighted by Gasteiger charge is -2.32. The number of carbonyl (C=O) groups is 1. The predicted molar refractivity (Wildman–Crippen MR) is 108 cm³/mol. The second kappa shape index (κ2) is 7.29. The summed E-state index contributed by atoms with van der Waals surface area (Å²) >= 11 is 0. The Labute approximate surface area is 171 Å². The maximum absolute atomic E-state index is 14.7. The summed E-state index contributed by atoms with van der Waals surface area (Å²) in [5.41, 5.74) is 6.21. The predicted octanol–water partition coefficient (Wildman–Crippen LogP) is 3.32. The van der Waals surface area contributed by atoms with E-state index in [2.05, 4.69) is 15.3 Å². The van der Waals surface area contributed by atoms with Crippen LogP contribution >= 0.6 is 0 Å². The Morgan fingerprint density at radius 1 is 1.23 bits per heavy atom. The molecule has 1 unspecified atom stereocenters. The average molecular weight is 401 g/mol. The molecule has 0 saturated carbocycles. The van der Waals surface area contributed by atoms with Gasteiger partial charge < -0.3 is 15.8 Å². The Morgan fingerprint density at radius 3 is 2.77 bits per heavy atom.